The van der Waals surface area contributed by atoms with Crippen molar-refractivity contribution in [3.05, 3.63) is 58.1 Å². The van der Waals surface area contributed by atoms with Gasteiger partial charge in [0.1, 0.15) is 18.0 Å². The van der Waals surface area contributed by atoms with Crippen LogP contribution in [-0.4, -0.2) is 49.9 Å². The number of carbonyl (C=O) groups is 1. The second-order valence-electron chi connectivity index (χ2n) is 7.55. The molecule has 0 aliphatic carbocycles. The van der Waals surface area contributed by atoms with Crippen molar-refractivity contribution in [3.63, 3.8) is 0 Å². The standard InChI is InChI=1S/C21H19Cl2N7O/c22-13-6-16-17(7-14(13)23)29-19(28-16)8-18-21(31)30(4-3-25-18)9-11-1-2-12-15(5-11)26-10-27-20(12)24/h1-2,5-7,10,18,25H,3-4,8-9H2,(H,28,29)(H2,24,26,27). The largest absolute Gasteiger partial charge is 0.383 e. The molecule has 1 atom stereocenters. The number of imidazole rings is 1. The molecule has 1 fully saturated rings. The smallest absolute Gasteiger partial charge is 0.240 e. The molecule has 2 aromatic heterocycles. The number of hydrogen-bond donors (Lipinski definition) is 3. The van der Waals surface area contributed by atoms with Crippen LogP contribution in [0.5, 0.6) is 0 Å². The van der Waals surface area contributed by atoms with Gasteiger partial charge in [0.25, 0.3) is 0 Å². The van der Waals surface area contributed by atoms with Crippen LogP contribution in [0.15, 0.2) is 36.7 Å². The summed E-state index contributed by atoms with van der Waals surface area (Å²) in [7, 11) is 0. The van der Waals surface area contributed by atoms with Crippen molar-refractivity contribution in [1.29, 1.82) is 0 Å². The average molecular weight is 456 g/mol. The predicted molar refractivity (Wildman–Crippen MR) is 121 cm³/mol. The van der Waals surface area contributed by atoms with Crippen LogP contribution in [0.2, 0.25) is 10.0 Å². The lowest BCUT2D eigenvalue weighted by molar-refractivity contribution is -0.136. The Labute approximate surface area is 187 Å². The fraction of sp³-hybridized carbons (Fsp3) is 0.238. The minimum Gasteiger partial charge on any atom is -0.383 e. The van der Waals surface area contributed by atoms with Gasteiger partial charge in [0.2, 0.25) is 5.91 Å². The molecule has 158 valence electrons. The SMILES string of the molecule is Nc1ncnc2cc(CN3CCNC(Cc4nc5cc(Cl)c(Cl)cc5[nH]4)C3=O)ccc12. The Morgan fingerprint density at radius 1 is 1.13 bits per heavy atom. The Balaban J connectivity index is 1.33. The van der Waals surface area contributed by atoms with E-state index in [9.17, 15) is 4.79 Å². The Morgan fingerprint density at radius 3 is 2.84 bits per heavy atom. The van der Waals surface area contributed by atoms with Gasteiger partial charge in [0.15, 0.2) is 0 Å². The van der Waals surface area contributed by atoms with Gasteiger partial charge in [0, 0.05) is 31.4 Å². The highest BCUT2D eigenvalue weighted by Crippen LogP contribution is 2.27. The van der Waals surface area contributed by atoms with Crippen LogP contribution in [-0.2, 0) is 17.8 Å². The number of hydrogen-bond acceptors (Lipinski definition) is 6. The highest BCUT2D eigenvalue weighted by molar-refractivity contribution is 6.42. The van der Waals surface area contributed by atoms with Gasteiger partial charge in [0.05, 0.1) is 32.6 Å². The summed E-state index contributed by atoms with van der Waals surface area (Å²) in [6.45, 7) is 1.84. The highest BCUT2D eigenvalue weighted by atomic mass is 35.5. The maximum absolute atomic E-state index is 13.1. The summed E-state index contributed by atoms with van der Waals surface area (Å²) in [5, 5.41) is 5.02. The number of aromatic nitrogens is 4. The molecule has 0 saturated carbocycles. The van der Waals surface area contributed by atoms with Crippen LogP contribution in [0.25, 0.3) is 21.9 Å². The van der Waals surface area contributed by atoms with E-state index in [4.69, 9.17) is 28.9 Å². The number of nitrogens with zero attached hydrogens (tertiary/aromatic N) is 4. The quantitative estimate of drug-likeness (QED) is 0.435. The normalized spacial score (nSPS) is 17.0. The first-order chi connectivity index (χ1) is 15.0. The van der Waals surface area contributed by atoms with E-state index in [-0.39, 0.29) is 11.9 Å². The number of halogens is 2. The summed E-state index contributed by atoms with van der Waals surface area (Å²) in [5.41, 5.74) is 9.18. The van der Waals surface area contributed by atoms with Crippen molar-refractivity contribution >= 4 is 56.9 Å². The van der Waals surface area contributed by atoms with E-state index in [0.717, 1.165) is 27.5 Å². The van der Waals surface area contributed by atoms with Gasteiger partial charge < -0.3 is 20.9 Å². The summed E-state index contributed by atoms with van der Waals surface area (Å²) in [4.78, 5) is 31.0. The molecule has 31 heavy (non-hydrogen) atoms. The van der Waals surface area contributed by atoms with E-state index in [0.29, 0.717) is 47.7 Å². The molecule has 1 amide bonds. The molecule has 4 aromatic rings. The number of amides is 1. The number of nitrogens with one attached hydrogen (secondary N) is 2. The number of H-pyrrole nitrogens is 1. The summed E-state index contributed by atoms with van der Waals surface area (Å²) in [6.07, 6.45) is 1.89. The average Bonchev–Trinajstić information content (AvgIpc) is 3.12. The van der Waals surface area contributed by atoms with Gasteiger partial charge >= 0.3 is 0 Å². The maximum Gasteiger partial charge on any atom is 0.240 e. The first-order valence-electron chi connectivity index (χ1n) is 9.83. The van der Waals surface area contributed by atoms with Gasteiger partial charge in [-0.2, -0.15) is 0 Å². The van der Waals surface area contributed by atoms with E-state index >= 15 is 0 Å². The minimum absolute atomic E-state index is 0.0325. The molecule has 1 aliphatic heterocycles. The Hall–Kier alpha value is -2.94. The van der Waals surface area contributed by atoms with E-state index in [1.54, 1.807) is 12.1 Å². The van der Waals surface area contributed by atoms with E-state index in [1.165, 1.54) is 6.33 Å². The molecular weight excluding hydrogens is 437 g/mol. The Kier molecular flexibility index (Phi) is 5.13. The van der Waals surface area contributed by atoms with E-state index in [2.05, 4.69) is 25.3 Å². The van der Waals surface area contributed by atoms with Gasteiger partial charge in [-0.25, -0.2) is 15.0 Å². The van der Waals surface area contributed by atoms with Crippen LogP contribution >= 0.6 is 23.2 Å². The molecule has 2 aromatic carbocycles. The van der Waals surface area contributed by atoms with Gasteiger partial charge in [-0.1, -0.05) is 29.3 Å². The second kappa shape index (κ2) is 7.96. The topological polar surface area (TPSA) is 113 Å². The Morgan fingerprint density at radius 2 is 1.97 bits per heavy atom. The summed E-state index contributed by atoms with van der Waals surface area (Å²) in [6, 6.07) is 8.91. The van der Waals surface area contributed by atoms with Crippen LogP contribution < -0.4 is 11.1 Å². The monoisotopic (exact) mass is 455 g/mol. The van der Waals surface area contributed by atoms with Crippen LogP contribution in [0, 0.1) is 0 Å². The second-order valence-corrected chi connectivity index (χ2v) is 8.36. The van der Waals surface area contributed by atoms with E-state index < -0.39 is 0 Å². The van der Waals surface area contributed by atoms with Gasteiger partial charge in [-0.05, 0) is 29.8 Å². The van der Waals surface area contributed by atoms with Crippen molar-refractivity contribution in [2.24, 2.45) is 0 Å². The first-order valence-corrected chi connectivity index (χ1v) is 10.6. The fourth-order valence-corrected chi connectivity index (χ4v) is 4.22. The molecule has 4 N–H and O–H groups in total. The molecule has 1 aliphatic rings. The number of nitrogens with two attached hydrogens (primary N) is 1. The van der Waals surface area contributed by atoms with Crippen molar-refractivity contribution in [2.45, 2.75) is 19.0 Å². The molecule has 0 radical (unpaired) electrons. The molecule has 3 heterocycles. The van der Waals surface area contributed by atoms with Crippen molar-refractivity contribution < 1.29 is 4.79 Å². The summed E-state index contributed by atoms with van der Waals surface area (Å²) < 4.78 is 0. The number of piperazine rings is 1. The van der Waals surface area contributed by atoms with Crippen molar-refractivity contribution in [3.8, 4) is 0 Å². The number of nitrogen functional groups attached to an aromatic ring is 1. The molecule has 1 saturated heterocycles. The number of rotatable bonds is 4. The lowest BCUT2D eigenvalue weighted by atomic mass is 10.1. The van der Waals surface area contributed by atoms with Crippen LogP contribution in [0.1, 0.15) is 11.4 Å². The van der Waals surface area contributed by atoms with Crippen molar-refractivity contribution in [1.82, 2.24) is 30.2 Å². The predicted octanol–water partition coefficient (Wildman–Crippen LogP) is 2.94. The van der Waals surface area contributed by atoms with Crippen molar-refractivity contribution in [2.75, 3.05) is 18.8 Å². The maximum atomic E-state index is 13.1. The Bertz CT molecular complexity index is 1270. The molecule has 8 nitrogen and oxygen atoms in total. The molecule has 5 rings (SSSR count). The third-order valence-corrected chi connectivity index (χ3v) is 6.18. The number of aromatic amines is 1. The third-order valence-electron chi connectivity index (χ3n) is 5.46. The zero-order chi connectivity index (χ0) is 21.5. The van der Waals surface area contributed by atoms with Crippen LogP contribution in [0.3, 0.4) is 0 Å². The first kappa shape index (κ1) is 20.0. The lowest BCUT2D eigenvalue weighted by Gasteiger charge is -2.33. The third kappa shape index (κ3) is 3.89. The lowest BCUT2D eigenvalue weighted by Crippen LogP contribution is -2.55. The number of carbonyl (C=O) groups excluding carboxylic acids is 1. The summed E-state index contributed by atoms with van der Waals surface area (Å²) in [5.74, 6) is 1.19. The fourth-order valence-electron chi connectivity index (χ4n) is 3.90. The number of anilines is 1. The van der Waals surface area contributed by atoms with Crippen LogP contribution in [0.4, 0.5) is 5.82 Å². The molecular formula is C21H19Cl2N7O. The number of benzene rings is 2. The zero-order valence-corrected chi connectivity index (χ0v) is 17.9. The highest BCUT2D eigenvalue weighted by Gasteiger charge is 2.29. The van der Waals surface area contributed by atoms with E-state index in [1.807, 2.05) is 23.1 Å². The molecule has 1 unspecified atom stereocenters. The molecule has 0 bridgehead atoms. The zero-order valence-electron chi connectivity index (χ0n) is 16.4. The minimum atomic E-state index is -0.362. The number of fused-ring (bicyclic) bond motifs is 2. The van der Waals surface area contributed by atoms with Gasteiger partial charge in [-0.3, -0.25) is 4.79 Å². The molecule has 0 spiro atoms. The van der Waals surface area contributed by atoms with Gasteiger partial charge in [-0.15, -0.1) is 0 Å². The molecule has 10 heteroatoms. The summed E-state index contributed by atoms with van der Waals surface area (Å²) >= 11 is 12.2.